The summed E-state index contributed by atoms with van der Waals surface area (Å²) < 4.78 is 14.9. The zero-order valence-electron chi connectivity index (χ0n) is 19.7. The molecule has 5 nitrogen and oxygen atoms in total. The van der Waals surface area contributed by atoms with Gasteiger partial charge < -0.3 is 8.83 Å². The number of aryl methyl sites for hydroxylation is 2. The molecule has 0 spiro atoms. The van der Waals surface area contributed by atoms with Gasteiger partial charge in [-0.05, 0) is 42.3 Å². The zero-order valence-corrected chi connectivity index (χ0v) is 19.7. The third-order valence-electron chi connectivity index (χ3n) is 6.98. The Morgan fingerprint density at radius 2 is 1.56 bits per heavy atom. The first-order chi connectivity index (χ1) is 17.6. The van der Waals surface area contributed by atoms with Gasteiger partial charge in [-0.2, -0.15) is 5.26 Å². The van der Waals surface area contributed by atoms with Crippen molar-refractivity contribution < 1.29 is 13.4 Å². The first-order valence-electron chi connectivity index (χ1n) is 11.8. The smallest absolute Gasteiger partial charge is 0.216 e. The lowest BCUT2D eigenvalue weighted by Crippen LogP contribution is -2.30. The highest BCUT2D eigenvalue weighted by Crippen LogP contribution is 2.42. The van der Waals surface area contributed by atoms with E-state index in [4.69, 9.17) is 8.83 Å². The van der Waals surface area contributed by atoms with Crippen molar-refractivity contribution in [1.29, 1.82) is 5.26 Å². The average Bonchev–Trinajstić information content (AvgIpc) is 3.46. The van der Waals surface area contributed by atoms with E-state index in [1.807, 2.05) is 61.8 Å². The molecular formula is C31H20N3O2+. The van der Waals surface area contributed by atoms with E-state index in [-0.39, 0.29) is 0 Å². The molecular weight excluding hydrogens is 446 g/mol. The van der Waals surface area contributed by atoms with E-state index in [2.05, 4.69) is 46.8 Å². The van der Waals surface area contributed by atoms with Gasteiger partial charge in [0, 0.05) is 39.9 Å². The SMILES string of the molecule is Cc1ccc2c(oc3c(-c4ccc5c(c4)oc4ccccc45)c(C#N)ncc32)c1-c1cccc[n+]1C. The molecule has 0 saturated heterocycles. The van der Waals surface area contributed by atoms with Crippen LogP contribution in [0.5, 0.6) is 0 Å². The number of furan rings is 2. The summed E-state index contributed by atoms with van der Waals surface area (Å²) >= 11 is 0. The summed E-state index contributed by atoms with van der Waals surface area (Å²) in [5, 5.41) is 13.9. The fourth-order valence-corrected chi connectivity index (χ4v) is 5.23. The Hall–Kier alpha value is -4.95. The van der Waals surface area contributed by atoms with E-state index >= 15 is 0 Å². The molecule has 5 heteroatoms. The van der Waals surface area contributed by atoms with Crippen LogP contribution in [0.4, 0.5) is 0 Å². The van der Waals surface area contributed by atoms with Crippen molar-refractivity contribution in [3.8, 4) is 28.5 Å². The lowest BCUT2D eigenvalue weighted by atomic mass is 9.98. The van der Waals surface area contributed by atoms with Gasteiger partial charge in [0.15, 0.2) is 11.9 Å². The monoisotopic (exact) mass is 466 g/mol. The van der Waals surface area contributed by atoms with Crippen molar-refractivity contribution in [2.24, 2.45) is 7.05 Å². The molecule has 0 unspecified atom stereocenters. The van der Waals surface area contributed by atoms with Gasteiger partial charge in [0.25, 0.3) is 0 Å². The van der Waals surface area contributed by atoms with Crippen LogP contribution in [0, 0.1) is 18.3 Å². The number of hydrogen-bond donors (Lipinski definition) is 0. The second-order valence-electron chi connectivity index (χ2n) is 9.08. The van der Waals surface area contributed by atoms with Crippen molar-refractivity contribution in [2.75, 3.05) is 0 Å². The molecule has 0 N–H and O–H groups in total. The highest BCUT2D eigenvalue weighted by molar-refractivity contribution is 6.14. The number of benzene rings is 3. The highest BCUT2D eigenvalue weighted by Gasteiger charge is 2.23. The summed E-state index contributed by atoms with van der Waals surface area (Å²) in [5.41, 5.74) is 8.06. The number of pyridine rings is 2. The van der Waals surface area contributed by atoms with Crippen LogP contribution in [0.3, 0.4) is 0 Å². The Labute approximate surface area is 206 Å². The standard InChI is InChI=1S/C31H20N3O2/c1-18-10-12-22-23-17-33-24(16-32)29(31(23)36-30(22)28(18)25-8-5-6-14-34(25)2)19-11-13-21-20-7-3-4-9-26(20)35-27(21)15-19/h3-15,17H,1-2H3/q+1. The molecule has 0 atom stereocenters. The lowest BCUT2D eigenvalue weighted by Gasteiger charge is -2.05. The van der Waals surface area contributed by atoms with Gasteiger partial charge in [0.2, 0.25) is 5.69 Å². The molecule has 0 aliphatic rings. The lowest BCUT2D eigenvalue weighted by molar-refractivity contribution is -0.660. The van der Waals surface area contributed by atoms with Crippen LogP contribution in [-0.2, 0) is 7.05 Å². The molecule has 0 fully saturated rings. The van der Waals surface area contributed by atoms with Crippen LogP contribution in [0.2, 0.25) is 0 Å². The van der Waals surface area contributed by atoms with Gasteiger partial charge in [-0.25, -0.2) is 9.55 Å². The van der Waals surface area contributed by atoms with E-state index < -0.39 is 0 Å². The number of rotatable bonds is 2. The summed E-state index contributed by atoms with van der Waals surface area (Å²) in [4.78, 5) is 4.53. The summed E-state index contributed by atoms with van der Waals surface area (Å²) in [7, 11) is 2.03. The molecule has 0 aliphatic carbocycles. The summed E-state index contributed by atoms with van der Waals surface area (Å²) in [6.45, 7) is 2.09. The highest BCUT2D eigenvalue weighted by atomic mass is 16.3. The first-order valence-corrected chi connectivity index (χ1v) is 11.8. The van der Waals surface area contributed by atoms with Crippen molar-refractivity contribution in [3.63, 3.8) is 0 Å². The molecule has 0 saturated carbocycles. The predicted octanol–water partition coefficient (Wildman–Crippen LogP) is 7.22. The number of aromatic nitrogens is 2. The molecule has 4 aromatic heterocycles. The minimum Gasteiger partial charge on any atom is -0.456 e. The van der Waals surface area contributed by atoms with E-state index in [9.17, 15) is 5.26 Å². The Morgan fingerprint density at radius 1 is 0.778 bits per heavy atom. The number of nitrogens with zero attached hydrogens (tertiary/aromatic N) is 3. The van der Waals surface area contributed by atoms with Crippen LogP contribution in [0.15, 0.2) is 94.0 Å². The summed E-state index contributed by atoms with van der Waals surface area (Å²) in [6, 6.07) is 26.6. The molecule has 3 aromatic carbocycles. The van der Waals surface area contributed by atoms with E-state index in [1.165, 1.54) is 0 Å². The van der Waals surface area contributed by atoms with Gasteiger partial charge >= 0.3 is 0 Å². The Balaban J connectivity index is 1.56. The van der Waals surface area contributed by atoms with Crippen LogP contribution in [-0.4, -0.2) is 4.98 Å². The number of hydrogen-bond acceptors (Lipinski definition) is 4. The maximum Gasteiger partial charge on any atom is 0.216 e. The molecule has 0 radical (unpaired) electrons. The van der Waals surface area contributed by atoms with E-state index in [0.29, 0.717) is 16.8 Å². The largest absolute Gasteiger partial charge is 0.456 e. The molecule has 7 aromatic rings. The third kappa shape index (κ3) is 2.82. The topological polar surface area (TPSA) is 66.8 Å². The fourth-order valence-electron chi connectivity index (χ4n) is 5.23. The van der Waals surface area contributed by atoms with Gasteiger partial charge in [-0.15, -0.1) is 0 Å². The minimum absolute atomic E-state index is 0.320. The van der Waals surface area contributed by atoms with Crippen LogP contribution < -0.4 is 4.57 Å². The van der Waals surface area contributed by atoms with E-state index in [1.54, 1.807) is 6.20 Å². The minimum atomic E-state index is 0.320. The van der Waals surface area contributed by atoms with Crippen molar-refractivity contribution >= 4 is 43.9 Å². The summed E-state index contributed by atoms with van der Waals surface area (Å²) in [6.07, 6.45) is 3.77. The van der Waals surface area contributed by atoms with Gasteiger partial charge in [0.1, 0.15) is 35.4 Å². The average molecular weight is 467 g/mol. The summed E-state index contributed by atoms with van der Waals surface area (Å²) in [5.74, 6) is 0. The molecule has 4 heterocycles. The van der Waals surface area contributed by atoms with Crippen LogP contribution >= 0.6 is 0 Å². The van der Waals surface area contributed by atoms with Crippen molar-refractivity contribution in [3.05, 3.63) is 96.4 Å². The maximum atomic E-state index is 9.97. The quantitative estimate of drug-likeness (QED) is 0.252. The Kier molecular flexibility index (Phi) is 4.27. The Bertz CT molecular complexity index is 2040. The third-order valence-corrected chi connectivity index (χ3v) is 6.98. The fraction of sp³-hybridized carbons (Fsp3) is 0.0645. The molecule has 0 amide bonds. The molecule has 170 valence electrons. The second-order valence-corrected chi connectivity index (χ2v) is 9.08. The Morgan fingerprint density at radius 3 is 2.42 bits per heavy atom. The number of fused-ring (bicyclic) bond motifs is 6. The van der Waals surface area contributed by atoms with Crippen molar-refractivity contribution in [2.45, 2.75) is 6.92 Å². The van der Waals surface area contributed by atoms with Crippen molar-refractivity contribution in [1.82, 2.24) is 4.98 Å². The van der Waals surface area contributed by atoms with Gasteiger partial charge in [-0.3, -0.25) is 0 Å². The first kappa shape index (κ1) is 20.4. The maximum absolute atomic E-state index is 9.97. The normalized spacial score (nSPS) is 11.6. The van der Waals surface area contributed by atoms with Gasteiger partial charge in [-0.1, -0.05) is 36.4 Å². The molecule has 0 aliphatic heterocycles. The van der Waals surface area contributed by atoms with Gasteiger partial charge in [0.05, 0.1) is 11.1 Å². The predicted molar refractivity (Wildman–Crippen MR) is 140 cm³/mol. The van der Waals surface area contributed by atoms with Crippen LogP contribution in [0.25, 0.3) is 66.3 Å². The van der Waals surface area contributed by atoms with Crippen LogP contribution in [0.1, 0.15) is 11.3 Å². The second kappa shape index (κ2) is 7.53. The molecule has 7 rings (SSSR count). The number of para-hydroxylation sites is 1. The van der Waals surface area contributed by atoms with E-state index in [0.717, 1.165) is 60.7 Å². The number of nitriles is 1. The zero-order chi connectivity index (χ0) is 24.4. The molecule has 0 bridgehead atoms. The molecule has 36 heavy (non-hydrogen) atoms.